The van der Waals surface area contributed by atoms with Gasteiger partial charge in [-0.25, -0.2) is 20.5 Å². The van der Waals surface area contributed by atoms with Crippen LogP contribution < -0.4 is 11.1 Å². The molecule has 3 aromatic heterocycles. The normalized spacial score (nSPS) is 13.1. The smallest absolute Gasteiger partial charge is 0.216 e. The van der Waals surface area contributed by atoms with Crippen molar-refractivity contribution in [1.82, 2.24) is 19.4 Å². The summed E-state index contributed by atoms with van der Waals surface area (Å²) in [6.07, 6.45) is 8.31. The number of fused-ring (bicyclic) bond motifs is 1. The molecule has 3 rings (SSSR count). The van der Waals surface area contributed by atoms with Gasteiger partial charge in [-0.05, 0) is 18.6 Å². The van der Waals surface area contributed by atoms with Crippen LogP contribution in [0.3, 0.4) is 0 Å². The molecule has 0 saturated heterocycles. The van der Waals surface area contributed by atoms with Crippen molar-refractivity contribution >= 4 is 29.1 Å². The molecular weight excluding hydrogens is 370 g/mol. The fourth-order valence-electron chi connectivity index (χ4n) is 2.88. The summed E-state index contributed by atoms with van der Waals surface area (Å²) in [5.74, 6) is 0.575. The van der Waals surface area contributed by atoms with E-state index in [1.54, 1.807) is 26.6 Å². The molecule has 0 aliphatic carbocycles. The van der Waals surface area contributed by atoms with Crippen molar-refractivity contribution in [3.8, 4) is 0 Å². The summed E-state index contributed by atoms with van der Waals surface area (Å²) in [7, 11) is 3.30. The third-order valence-corrected chi connectivity index (χ3v) is 4.35. The fraction of sp³-hybridized carbons (Fsp3) is 0.263. The maximum Gasteiger partial charge on any atom is 0.216 e. The molecule has 0 fully saturated rings. The van der Waals surface area contributed by atoms with E-state index in [1.807, 2.05) is 29.7 Å². The van der Waals surface area contributed by atoms with Gasteiger partial charge in [-0.3, -0.25) is 4.99 Å². The lowest BCUT2D eigenvalue weighted by atomic mass is 10.1. The van der Waals surface area contributed by atoms with E-state index in [0.717, 1.165) is 16.9 Å². The van der Waals surface area contributed by atoms with Gasteiger partial charge in [0.25, 0.3) is 0 Å². The van der Waals surface area contributed by atoms with E-state index in [-0.39, 0.29) is 11.9 Å². The zero-order valence-corrected chi connectivity index (χ0v) is 16.5. The summed E-state index contributed by atoms with van der Waals surface area (Å²) in [5, 5.41) is 6.75. The van der Waals surface area contributed by atoms with Gasteiger partial charge in [0.05, 0.1) is 36.4 Å². The second kappa shape index (κ2) is 9.02. The second-order valence-corrected chi connectivity index (χ2v) is 6.29. The minimum Gasteiger partial charge on any atom is -0.404 e. The van der Waals surface area contributed by atoms with Gasteiger partial charge in [0.15, 0.2) is 5.82 Å². The molecule has 29 heavy (non-hydrogen) atoms. The molecule has 0 amide bonds. The van der Waals surface area contributed by atoms with Crippen LogP contribution in [-0.2, 0) is 11.3 Å². The second-order valence-electron chi connectivity index (χ2n) is 6.29. The average Bonchev–Trinajstić information content (AvgIpc) is 3.14. The van der Waals surface area contributed by atoms with Crippen molar-refractivity contribution in [1.29, 1.82) is 5.53 Å². The number of hydrogen-bond acceptors (Lipinski definition) is 9. The molecule has 10 nitrogen and oxygen atoms in total. The number of pyridine rings is 1. The Bertz CT molecular complexity index is 1070. The standard InChI is InChI=1S/C19H23N9O/c1-12(13-4-5-17-23-8-15(11-29-3)28(17)10-13)25-19-18(27-21)24-9-16(26-19)14(6-20)7-22-2/h4-10,12,21H,11,20H2,1-3H3,(H,25,26)/t12-/m0/s1. The third-order valence-electron chi connectivity index (χ3n) is 4.35. The molecule has 3 aromatic rings. The van der Waals surface area contributed by atoms with Crippen LogP contribution in [0, 0.1) is 5.53 Å². The van der Waals surface area contributed by atoms with Crippen LogP contribution in [0.25, 0.3) is 11.2 Å². The SMILES string of the molecule is CN=CC(=CN)c1cnc(N=N)c(N[C@@H](C)c2ccc3ncc(COC)n3c2)n1. The van der Waals surface area contributed by atoms with E-state index in [1.165, 1.54) is 12.4 Å². The van der Waals surface area contributed by atoms with E-state index in [9.17, 15) is 0 Å². The van der Waals surface area contributed by atoms with Crippen LogP contribution in [0.15, 0.2) is 47.0 Å². The third kappa shape index (κ3) is 4.27. The number of anilines is 1. The number of rotatable bonds is 8. The monoisotopic (exact) mass is 393 g/mol. The van der Waals surface area contributed by atoms with Crippen LogP contribution in [0.1, 0.15) is 29.9 Å². The summed E-state index contributed by atoms with van der Waals surface area (Å²) in [5.41, 5.74) is 17.0. The molecule has 0 bridgehead atoms. The van der Waals surface area contributed by atoms with Crippen molar-refractivity contribution in [2.45, 2.75) is 19.6 Å². The van der Waals surface area contributed by atoms with Crippen LogP contribution in [-0.4, -0.2) is 39.7 Å². The molecule has 0 radical (unpaired) electrons. The first-order valence-corrected chi connectivity index (χ1v) is 8.91. The van der Waals surface area contributed by atoms with Gasteiger partial charge in [-0.15, -0.1) is 5.11 Å². The van der Waals surface area contributed by atoms with Gasteiger partial charge < -0.3 is 20.2 Å². The number of nitrogens with zero attached hydrogens (tertiary/aromatic N) is 6. The van der Waals surface area contributed by atoms with Gasteiger partial charge in [0.2, 0.25) is 5.82 Å². The minimum absolute atomic E-state index is 0.132. The lowest BCUT2D eigenvalue weighted by molar-refractivity contribution is 0.181. The Morgan fingerprint density at radius 3 is 2.90 bits per heavy atom. The summed E-state index contributed by atoms with van der Waals surface area (Å²) in [6.45, 7) is 2.46. The van der Waals surface area contributed by atoms with Crippen molar-refractivity contribution in [3.63, 3.8) is 0 Å². The van der Waals surface area contributed by atoms with Crippen LogP contribution in [0.4, 0.5) is 11.6 Å². The highest BCUT2D eigenvalue weighted by Gasteiger charge is 2.14. The summed E-state index contributed by atoms with van der Waals surface area (Å²) in [6, 6.07) is 3.80. The molecule has 0 unspecified atom stereocenters. The number of aliphatic imine (C=N–C) groups is 1. The molecule has 10 heteroatoms. The van der Waals surface area contributed by atoms with Crippen LogP contribution >= 0.6 is 0 Å². The number of allylic oxidation sites excluding steroid dienone is 1. The first kappa shape index (κ1) is 20.1. The first-order chi connectivity index (χ1) is 14.1. The zero-order chi connectivity index (χ0) is 20.8. The topological polar surface area (TPSA) is 139 Å². The van der Waals surface area contributed by atoms with Gasteiger partial charge in [-0.1, -0.05) is 6.07 Å². The van der Waals surface area contributed by atoms with E-state index < -0.39 is 0 Å². The van der Waals surface area contributed by atoms with Crippen molar-refractivity contribution in [3.05, 3.63) is 53.9 Å². The van der Waals surface area contributed by atoms with E-state index >= 15 is 0 Å². The molecule has 150 valence electrons. The minimum atomic E-state index is -0.132. The van der Waals surface area contributed by atoms with Crippen molar-refractivity contribution < 1.29 is 4.74 Å². The Labute approximate surface area is 168 Å². The zero-order valence-electron chi connectivity index (χ0n) is 16.5. The van der Waals surface area contributed by atoms with Gasteiger partial charge >= 0.3 is 0 Å². The number of hydrogen-bond donors (Lipinski definition) is 3. The molecule has 0 aliphatic rings. The predicted octanol–water partition coefficient (Wildman–Crippen LogP) is 3.11. The highest BCUT2D eigenvalue weighted by molar-refractivity contribution is 6.08. The van der Waals surface area contributed by atoms with E-state index in [4.69, 9.17) is 16.0 Å². The number of aromatic nitrogens is 4. The molecule has 0 saturated carbocycles. The molecule has 3 heterocycles. The van der Waals surface area contributed by atoms with Crippen LogP contribution in [0.5, 0.6) is 0 Å². The Morgan fingerprint density at radius 2 is 2.21 bits per heavy atom. The highest BCUT2D eigenvalue weighted by atomic mass is 16.5. The number of imidazole rings is 1. The largest absolute Gasteiger partial charge is 0.404 e. The van der Waals surface area contributed by atoms with E-state index in [0.29, 0.717) is 23.7 Å². The van der Waals surface area contributed by atoms with Gasteiger partial charge in [0, 0.05) is 38.3 Å². The number of nitrogens with two attached hydrogens (primary N) is 1. The van der Waals surface area contributed by atoms with Gasteiger partial charge in [0.1, 0.15) is 5.65 Å². The molecular formula is C19H23N9O. The quantitative estimate of drug-likeness (QED) is 0.397. The Kier molecular flexibility index (Phi) is 6.25. The fourth-order valence-corrected chi connectivity index (χ4v) is 2.88. The Hall–Kier alpha value is -3.66. The first-order valence-electron chi connectivity index (χ1n) is 8.91. The summed E-state index contributed by atoms with van der Waals surface area (Å²) in [4.78, 5) is 17.1. The number of methoxy groups -OCH3 is 1. The molecule has 0 aromatic carbocycles. The van der Waals surface area contributed by atoms with Crippen molar-refractivity contribution in [2.75, 3.05) is 19.5 Å². The summed E-state index contributed by atoms with van der Waals surface area (Å²) >= 11 is 0. The maximum absolute atomic E-state index is 7.39. The van der Waals surface area contributed by atoms with E-state index in [2.05, 4.69) is 30.4 Å². The molecule has 4 N–H and O–H groups in total. The Morgan fingerprint density at radius 1 is 1.38 bits per heavy atom. The lowest BCUT2D eigenvalue weighted by Gasteiger charge is -2.17. The molecule has 0 spiro atoms. The van der Waals surface area contributed by atoms with Crippen LogP contribution in [0.2, 0.25) is 0 Å². The lowest BCUT2D eigenvalue weighted by Crippen LogP contribution is -2.11. The summed E-state index contributed by atoms with van der Waals surface area (Å²) < 4.78 is 7.22. The number of nitrogens with one attached hydrogen (secondary N) is 2. The molecule has 1 atom stereocenters. The maximum atomic E-state index is 7.39. The predicted molar refractivity (Wildman–Crippen MR) is 111 cm³/mol. The average molecular weight is 393 g/mol. The van der Waals surface area contributed by atoms with Gasteiger partial charge in [-0.2, -0.15) is 0 Å². The highest BCUT2D eigenvalue weighted by Crippen LogP contribution is 2.26. The van der Waals surface area contributed by atoms with Crippen molar-refractivity contribution in [2.24, 2.45) is 15.8 Å². The number of ether oxygens (including phenoxy) is 1. The Balaban J connectivity index is 1.93. The molecule has 0 aliphatic heterocycles.